The van der Waals surface area contributed by atoms with E-state index in [2.05, 4.69) is 4.40 Å². The van der Waals surface area contributed by atoms with E-state index < -0.39 is 11.0 Å². The Kier molecular flexibility index (Phi) is 5.80. The zero-order valence-corrected chi connectivity index (χ0v) is 16.6. The molecule has 2 aliphatic rings. The molecule has 2 saturated heterocycles. The molecular formula is C20H28N2O3S. The standard InChI is InChI=1S/C20H28N2O3S/c1-20(2,3)26(24)21-13-16-11-17-9-10-18(12-16)22(17)19(23)25-14-15-7-5-4-6-8-15/h4-8,13,16-18H,9-12,14H2,1-3H3/t16?,17-,18+,26-/m0/s1. The maximum atomic E-state index is 12.6. The second-order valence-electron chi connectivity index (χ2n) is 8.18. The van der Waals surface area contributed by atoms with Crippen LogP contribution >= 0.6 is 0 Å². The molecule has 2 aliphatic heterocycles. The molecule has 1 aromatic carbocycles. The smallest absolute Gasteiger partial charge is 0.410 e. The third kappa shape index (κ3) is 4.53. The van der Waals surface area contributed by atoms with Gasteiger partial charge in [-0.3, -0.25) is 0 Å². The van der Waals surface area contributed by atoms with E-state index in [9.17, 15) is 9.00 Å². The van der Waals surface area contributed by atoms with E-state index in [0.29, 0.717) is 6.61 Å². The van der Waals surface area contributed by atoms with Crippen LogP contribution in [-0.2, 0) is 22.3 Å². The Bertz CT molecular complexity index is 670. The third-order valence-corrected chi connectivity index (χ3v) is 6.44. The van der Waals surface area contributed by atoms with Crippen molar-refractivity contribution in [2.75, 3.05) is 0 Å². The van der Waals surface area contributed by atoms with Crippen molar-refractivity contribution < 1.29 is 13.7 Å². The van der Waals surface area contributed by atoms with Crippen molar-refractivity contribution in [3.63, 3.8) is 0 Å². The van der Waals surface area contributed by atoms with Gasteiger partial charge in [0.2, 0.25) is 0 Å². The lowest BCUT2D eigenvalue weighted by Gasteiger charge is -2.37. The summed E-state index contributed by atoms with van der Waals surface area (Å²) in [7, 11) is -1.22. The van der Waals surface area contributed by atoms with Gasteiger partial charge in [-0.25, -0.2) is 9.00 Å². The molecule has 0 spiro atoms. The average Bonchev–Trinajstić information content (AvgIpc) is 2.88. The van der Waals surface area contributed by atoms with Gasteiger partial charge in [-0.15, -0.1) is 0 Å². The lowest BCUT2D eigenvalue weighted by molar-refractivity contribution is 0.0602. The molecule has 3 rings (SSSR count). The zero-order valence-electron chi connectivity index (χ0n) is 15.8. The highest BCUT2D eigenvalue weighted by atomic mass is 32.2. The van der Waals surface area contributed by atoms with E-state index >= 15 is 0 Å². The van der Waals surface area contributed by atoms with Gasteiger partial charge in [0.05, 0.1) is 4.75 Å². The average molecular weight is 377 g/mol. The number of ether oxygens (including phenoxy) is 1. The predicted octanol–water partition coefficient (Wildman–Crippen LogP) is 4.10. The van der Waals surface area contributed by atoms with Gasteiger partial charge >= 0.3 is 6.09 Å². The normalized spacial score (nSPS) is 26.9. The fraction of sp³-hybridized carbons (Fsp3) is 0.600. The summed E-state index contributed by atoms with van der Waals surface area (Å²) in [5, 5.41) is 0. The minimum absolute atomic E-state index is 0.205. The quantitative estimate of drug-likeness (QED) is 0.744. The molecule has 2 bridgehead atoms. The van der Waals surface area contributed by atoms with Crippen LogP contribution in [0.5, 0.6) is 0 Å². The number of piperidine rings is 1. The number of carbonyl (C=O) groups excluding carboxylic acids is 1. The molecule has 1 amide bonds. The van der Waals surface area contributed by atoms with E-state index in [0.717, 1.165) is 31.2 Å². The molecule has 2 fully saturated rings. The topological polar surface area (TPSA) is 59.0 Å². The fourth-order valence-corrected chi connectivity index (χ4v) is 4.33. The molecular weight excluding hydrogens is 348 g/mol. The molecule has 6 heteroatoms. The van der Waals surface area contributed by atoms with Crippen molar-refractivity contribution in [3.8, 4) is 0 Å². The zero-order chi connectivity index (χ0) is 18.7. The van der Waals surface area contributed by atoms with Crippen molar-refractivity contribution in [2.45, 2.75) is 69.9 Å². The van der Waals surface area contributed by atoms with Crippen LogP contribution in [0.15, 0.2) is 34.7 Å². The van der Waals surface area contributed by atoms with Crippen LogP contribution in [0.2, 0.25) is 0 Å². The van der Waals surface area contributed by atoms with Crippen LogP contribution in [0, 0.1) is 5.92 Å². The van der Waals surface area contributed by atoms with Crippen LogP contribution in [-0.4, -0.2) is 38.2 Å². The first-order chi connectivity index (χ1) is 12.3. The van der Waals surface area contributed by atoms with Gasteiger partial charge in [0, 0.05) is 18.3 Å². The van der Waals surface area contributed by atoms with Crippen molar-refractivity contribution in [1.82, 2.24) is 4.90 Å². The van der Waals surface area contributed by atoms with E-state index in [1.165, 1.54) is 0 Å². The Morgan fingerprint density at radius 1 is 1.23 bits per heavy atom. The first kappa shape index (κ1) is 19.1. The van der Waals surface area contributed by atoms with Gasteiger partial charge in [0.25, 0.3) is 0 Å². The number of amides is 1. The summed E-state index contributed by atoms with van der Waals surface area (Å²) in [4.78, 5) is 14.5. The van der Waals surface area contributed by atoms with Gasteiger partial charge in [0.15, 0.2) is 0 Å². The number of hydrogen-bond donors (Lipinski definition) is 0. The number of fused-ring (bicyclic) bond motifs is 2. The molecule has 0 radical (unpaired) electrons. The highest BCUT2D eigenvalue weighted by molar-refractivity contribution is 7.85. The number of nitrogens with zero attached hydrogens (tertiary/aromatic N) is 2. The Morgan fingerprint density at radius 3 is 2.42 bits per heavy atom. The van der Waals surface area contributed by atoms with Gasteiger partial charge in [0.1, 0.15) is 17.6 Å². The SMILES string of the molecule is CC(C)(C)[S@](=O)N=CC1C[C@H]2CC[C@@H](C1)N2C(=O)OCc1ccccc1. The van der Waals surface area contributed by atoms with Gasteiger partial charge in [-0.2, -0.15) is 4.40 Å². The Morgan fingerprint density at radius 2 is 1.85 bits per heavy atom. The molecule has 1 unspecified atom stereocenters. The van der Waals surface area contributed by atoms with Gasteiger partial charge < -0.3 is 9.64 Å². The number of benzene rings is 1. The first-order valence-corrected chi connectivity index (χ1v) is 10.4. The second-order valence-corrected chi connectivity index (χ2v) is 10.1. The molecule has 0 aromatic heterocycles. The number of carbonyl (C=O) groups is 1. The predicted molar refractivity (Wildman–Crippen MR) is 104 cm³/mol. The highest BCUT2D eigenvalue weighted by Crippen LogP contribution is 2.38. The van der Waals surface area contributed by atoms with Crippen LogP contribution in [0.3, 0.4) is 0 Å². The first-order valence-electron chi connectivity index (χ1n) is 9.30. The Labute approximate surface area is 158 Å². The van der Waals surface area contributed by atoms with E-state index in [-0.39, 0.29) is 28.8 Å². The van der Waals surface area contributed by atoms with Crippen LogP contribution in [0.1, 0.15) is 52.0 Å². The molecule has 0 aliphatic carbocycles. The summed E-state index contributed by atoms with van der Waals surface area (Å²) in [6.45, 7) is 6.09. The fourth-order valence-electron chi connectivity index (χ4n) is 3.73. The molecule has 0 N–H and O–H groups in total. The number of hydrogen-bond acceptors (Lipinski definition) is 3. The van der Waals surface area contributed by atoms with Crippen LogP contribution in [0.4, 0.5) is 4.79 Å². The Hall–Kier alpha value is -1.69. The maximum Gasteiger partial charge on any atom is 0.410 e. The molecule has 2 heterocycles. The maximum absolute atomic E-state index is 12.6. The minimum Gasteiger partial charge on any atom is -0.445 e. The summed E-state index contributed by atoms with van der Waals surface area (Å²) in [6, 6.07) is 10.2. The molecule has 4 atom stereocenters. The van der Waals surface area contributed by atoms with Gasteiger partial charge in [-0.1, -0.05) is 30.3 Å². The summed E-state index contributed by atoms with van der Waals surface area (Å²) < 4.78 is 21.6. The van der Waals surface area contributed by atoms with Crippen molar-refractivity contribution in [1.29, 1.82) is 0 Å². The van der Waals surface area contributed by atoms with E-state index in [4.69, 9.17) is 4.74 Å². The summed E-state index contributed by atoms with van der Waals surface area (Å²) >= 11 is 0. The van der Waals surface area contributed by atoms with E-state index in [1.54, 1.807) is 0 Å². The van der Waals surface area contributed by atoms with Crippen molar-refractivity contribution in [2.24, 2.45) is 10.3 Å². The minimum atomic E-state index is -1.22. The summed E-state index contributed by atoms with van der Waals surface area (Å²) in [6.07, 6.45) is 5.42. The van der Waals surface area contributed by atoms with Gasteiger partial charge in [-0.05, 0) is 57.9 Å². The lowest BCUT2D eigenvalue weighted by atomic mass is 9.92. The highest BCUT2D eigenvalue weighted by Gasteiger charge is 2.43. The summed E-state index contributed by atoms with van der Waals surface area (Å²) in [5.41, 5.74) is 1.000. The van der Waals surface area contributed by atoms with Crippen molar-refractivity contribution in [3.05, 3.63) is 35.9 Å². The van der Waals surface area contributed by atoms with Crippen LogP contribution in [0.25, 0.3) is 0 Å². The Balaban J connectivity index is 1.56. The monoisotopic (exact) mass is 376 g/mol. The molecule has 142 valence electrons. The lowest BCUT2D eigenvalue weighted by Crippen LogP contribution is -2.47. The van der Waals surface area contributed by atoms with Crippen LogP contribution < -0.4 is 0 Å². The van der Waals surface area contributed by atoms with E-state index in [1.807, 2.05) is 62.2 Å². The number of rotatable bonds is 4. The van der Waals surface area contributed by atoms with Crippen molar-refractivity contribution >= 4 is 23.3 Å². The molecule has 1 aromatic rings. The second kappa shape index (κ2) is 7.91. The largest absolute Gasteiger partial charge is 0.445 e. The summed E-state index contributed by atoms with van der Waals surface area (Å²) in [5.74, 6) is 0.289. The molecule has 0 saturated carbocycles. The molecule has 5 nitrogen and oxygen atoms in total. The molecule has 26 heavy (non-hydrogen) atoms. The third-order valence-electron chi connectivity index (χ3n) is 5.08.